The number of hydrogen-bond donors (Lipinski definition) is 2. The summed E-state index contributed by atoms with van der Waals surface area (Å²) in [6.07, 6.45) is -4.07. The molecule has 0 bridgehead atoms. The number of amides is 1. The topological polar surface area (TPSA) is 81.1 Å². The Morgan fingerprint density at radius 2 is 2.12 bits per heavy atom. The van der Waals surface area contributed by atoms with Crippen molar-refractivity contribution in [1.29, 1.82) is 0 Å². The number of nitrogens with zero attached hydrogens (tertiary/aromatic N) is 1. The average molecular weight is 251 g/mol. The second-order valence-corrected chi connectivity index (χ2v) is 4.12. The van der Waals surface area contributed by atoms with Gasteiger partial charge in [0.25, 0.3) is 5.91 Å². The number of nitrogens with one attached hydrogen (secondary N) is 1. The summed E-state index contributed by atoms with van der Waals surface area (Å²) in [5.41, 5.74) is 2.55. The van der Waals surface area contributed by atoms with Crippen LogP contribution < -0.4 is 11.1 Å². The van der Waals surface area contributed by atoms with E-state index in [1.54, 1.807) is 13.8 Å². The Morgan fingerprint density at radius 3 is 2.59 bits per heavy atom. The molecular weight excluding hydrogens is 239 g/mol. The molecule has 3 N–H and O–H groups in total. The number of nitrogens with two attached hydrogens (primary N) is 1. The lowest BCUT2D eigenvalue weighted by Gasteiger charge is -2.23. The Balaban J connectivity index is 2.95. The SMILES string of the molecule is CC(C)(CN)NC(=O)c1conc1C(F)(F)F. The molecule has 0 aliphatic rings. The van der Waals surface area contributed by atoms with Crippen LogP contribution in [-0.2, 0) is 6.18 Å². The van der Waals surface area contributed by atoms with Crippen molar-refractivity contribution in [3.05, 3.63) is 17.5 Å². The predicted molar refractivity (Wildman–Crippen MR) is 52.1 cm³/mol. The molecule has 0 saturated carbocycles. The number of alkyl halides is 3. The van der Waals surface area contributed by atoms with Crippen LogP contribution >= 0.6 is 0 Å². The van der Waals surface area contributed by atoms with E-state index in [2.05, 4.69) is 15.0 Å². The number of carbonyl (C=O) groups is 1. The number of aromatic nitrogens is 1. The molecule has 0 spiro atoms. The van der Waals surface area contributed by atoms with Crippen molar-refractivity contribution >= 4 is 5.91 Å². The Kier molecular flexibility index (Phi) is 3.46. The van der Waals surface area contributed by atoms with E-state index in [9.17, 15) is 18.0 Å². The molecular formula is C9H12F3N3O2. The fourth-order valence-corrected chi connectivity index (χ4v) is 1.03. The zero-order valence-corrected chi connectivity index (χ0v) is 9.26. The lowest BCUT2D eigenvalue weighted by atomic mass is 10.1. The van der Waals surface area contributed by atoms with Gasteiger partial charge in [-0.05, 0) is 13.8 Å². The summed E-state index contributed by atoms with van der Waals surface area (Å²) in [5, 5.41) is 5.13. The van der Waals surface area contributed by atoms with Crippen LogP contribution in [0.25, 0.3) is 0 Å². The minimum Gasteiger partial charge on any atom is -0.363 e. The van der Waals surface area contributed by atoms with Crippen LogP contribution in [-0.4, -0.2) is 23.1 Å². The summed E-state index contributed by atoms with van der Waals surface area (Å²) in [4.78, 5) is 11.6. The van der Waals surface area contributed by atoms with Crippen LogP contribution in [0.15, 0.2) is 10.8 Å². The van der Waals surface area contributed by atoms with Crippen LogP contribution in [0.1, 0.15) is 29.9 Å². The summed E-state index contributed by atoms with van der Waals surface area (Å²) in [7, 11) is 0. The van der Waals surface area contributed by atoms with Crippen LogP contribution in [0.2, 0.25) is 0 Å². The third-order valence-electron chi connectivity index (χ3n) is 2.05. The van der Waals surface area contributed by atoms with E-state index in [1.165, 1.54) is 0 Å². The Morgan fingerprint density at radius 1 is 1.53 bits per heavy atom. The van der Waals surface area contributed by atoms with Crippen molar-refractivity contribution < 1.29 is 22.5 Å². The maximum atomic E-state index is 12.4. The lowest BCUT2D eigenvalue weighted by Crippen LogP contribution is -2.49. The smallest absolute Gasteiger partial charge is 0.363 e. The second kappa shape index (κ2) is 4.36. The summed E-state index contributed by atoms with van der Waals surface area (Å²) < 4.78 is 41.5. The molecule has 0 fully saturated rings. The minimum atomic E-state index is -4.73. The quantitative estimate of drug-likeness (QED) is 0.844. The molecule has 0 atom stereocenters. The highest BCUT2D eigenvalue weighted by molar-refractivity contribution is 5.95. The van der Waals surface area contributed by atoms with Gasteiger partial charge in [0.05, 0.1) is 0 Å². The largest absolute Gasteiger partial charge is 0.437 e. The Labute approximate surface area is 95.1 Å². The van der Waals surface area contributed by atoms with Gasteiger partial charge in [0.1, 0.15) is 11.8 Å². The van der Waals surface area contributed by atoms with Gasteiger partial charge in [-0.25, -0.2) is 0 Å². The highest BCUT2D eigenvalue weighted by atomic mass is 19.4. The summed E-state index contributed by atoms with van der Waals surface area (Å²) in [6.45, 7) is 3.27. The standard InChI is InChI=1S/C9H12F3N3O2/c1-8(2,4-13)14-7(16)5-3-17-15-6(5)9(10,11)12/h3H,4,13H2,1-2H3,(H,14,16). The van der Waals surface area contributed by atoms with E-state index in [0.717, 1.165) is 0 Å². The predicted octanol–water partition coefficient (Wildman–Crippen LogP) is 1.16. The molecule has 1 rings (SSSR count). The number of carbonyl (C=O) groups excluding carboxylic acids is 1. The van der Waals surface area contributed by atoms with Gasteiger partial charge >= 0.3 is 6.18 Å². The van der Waals surface area contributed by atoms with E-state index in [4.69, 9.17) is 5.73 Å². The molecule has 0 aliphatic carbocycles. The molecule has 1 aromatic rings. The highest BCUT2D eigenvalue weighted by Gasteiger charge is 2.40. The molecule has 17 heavy (non-hydrogen) atoms. The van der Waals surface area contributed by atoms with Gasteiger partial charge in [-0.1, -0.05) is 5.16 Å². The first-order valence-electron chi connectivity index (χ1n) is 4.71. The van der Waals surface area contributed by atoms with Crippen molar-refractivity contribution in [2.24, 2.45) is 5.73 Å². The molecule has 96 valence electrons. The number of halogens is 3. The molecule has 0 radical (unpaired) electrons. The van der Waals surface area contributed by atoms with E-state index in [1.807, 2.05) is 0 Å². The van der Waals surface area contributed by atoms with Crippen molar-refractivity contribution in [3.8, 4) is 0 Å². The molecule has 8 heteroatoms. The monoisotopic (exact) mass is 251 g/mol. The van der Waals surface area contributed by atoms with Crippen molar-refractivity contribution in [3.63, 3.8) is 0 Å². The highest BCUT2D eigenvalue weighted by Crippen LogP contribution is 2.30. The first-order chi connectivity index (χ1) is 7.67. The molecule has 0 unspecified atom stereocenters. The van der Waals surface area contributed by atoms with Crippen LogP contribution in [0.5, 0.6) is 0 Å². The molecule has 0 aliphatic heterocycles. The van der Waals surface area contributed by atoms with E-state index in [-0.39, 0.29) is 6.54 Å². The normalized spacial score (nSPS) is 12.6. The van der Waals surface area contributed by atoms with Gasteiger partial charge in [0, 0.05) is 12.1 Å². The maximum Gasteiger partial charge on any atom is 0.437 e. The minimum absolute atomic E-state index is 0.0887. The molecule has 1 aromatic heterocycles. The van der Waals surface area contributed by atoms with Gasteiger partial charge in [-0.3, -0.25) is 4.79 Å². The van der Waals surface area contributed by atoms with E-state index < -0.39 is 28.9 Å². The summed E-state index contributed by atoms with van der Waals surface area (Å²) in [6, 6.07) is 0. The van der Waals surface area contributed by atoms with Crippen LogP contribution in [0.3, 0.4) is 0 Å². The van der Waals surface area contributed by atoms with Gasteiger partial charge < -0.3 is 15.6 Å². The Bertz CT molecular complexity index is 412. The first kappa shape index (κ1) is 13.5. The number of rotatable bonds is 3. The zero-order valence-electron chi connectivity index (χ0n) is 9.26. The second-order valence-electron chi connectivity index (χ2n) is 4.12. The van der Waals surface area contributed by atoms with Crippen LogP contribution in [0, 0.1) is 0 Å². The fourth-order valence-electron chi connectivity index (χ4n) is 1.03. The zero-order chi connectivity index (χ0) is 13.3. The molecule has 5 nitrogen and oxygen atoms in total. The first-order valence-corrected chi connectivity index (χ1v) is 4.71. The van der Waals surface area contributed by atoms with Crippen molar-refractivity contribution in [1.82, 2.24) is 10.5 Å². The third-order valence-corrected chi connectivity index (χ3v) is 2.05. The molecule has 1 heterocycles. The average Bonchev–Trinajstić information content (AvgIpc) is 2.64. The van der Waals surface area contributed by atoms with Gasteiger partial charge in [-0.2, -0.15) is 13.2 Å². The number of hydrogen-bond acceptors (Lipinski definition) is 4. The molecule has 0 saturated heterocycles. The molecule has 1 amide bonds. The maximum absolute atomic E-state index is 12.4. The summed E-state index contributed by atoms with van der Waals surface area (Å²) >= 11 is 0. The van der Waals surface area contributed by atoms with Gasteiger partial charge in [0.15, 0.2) is 5.69 Å². The van der Waals surface area contributed by atoms with Crippen LogP contribution in [0.4, 0.5) is 13.2 Å². The van der Waals surface area contributed by atoms with E-state index in [0.29, 0.717) is 6.26 Å². The van der Waals surface area contributed by atoms with Crippen molar-refractivity contribution in [2.75, 3.05) is 6.54 Å². The fraction of sp³-hybridized carbons (Fsp3) is 0.556. The van der Waals surface area contributed by atoms with Gasteiger partial charge in [-0.15, -0.1) is 0 Å². The Hall–Kier alpha value is -1.57. The molecule has 0 aromatic carbocycles. The van der Waals surface area contributed by atoms with Gasteiger partial charge in [0.2, 0.25) is 0 Å². The van der Waals surface area contributed by atoms with E-state index >= 15 is 0 Å². The lowest BCUT2D eigenvalue weighted by molar-refractivity contribution is -0.143. The van der Waals surface area contributed by atoms with Crippen molar-refractivity contribution in [2.45, 2.75) is 25.6 Å². The third kappa shape index (κ3) is 3.19. The summed E-state index contributed by atoms with van der Waals surface area (Å²) in [5.74, 6) is -0.922.